The third kappa shape index (κ3) is 3.21. The smallest absolute Gasteiger partial charge is 0.326 e. The number of anilines is 1. The summed E-state index contributed by atoms with van der Waals surface area (Å²) >= 11 is 0. The van der Waals surface area contributed by atoms with Crippen LogP contribution in [0.25, 0.3) is 0 Å². The summed E-state index contributed by atoms with van der Waals surface area (Å²) in [5.41, 5.74) is 7.07. The van der Waals surface area contributed by atoms with Gasteiger partial charge >= 0.3 is 5.97 Å². The van der Waals surface area contributed by atoms with Crippen LogP contribution in [0.1, 0.15) is 22.3 Å². The molecule has 0 aromatic heterocycles. The van der Waals surface area contributed by atoms with E-state index >= 15 is 0 Å². The highest BCUT2D eigenvalue weighted by molar-refractivity contribution is 5.98. The van der Waals surface area contributed by atoms with Gasteiger partial charge in [-0.25, -0.2) is 4.79 Å². The van der Waals surface area contributed by atoms with E-state index in [2.05, 4.69) is 5.32 Å². The number of carboxylic acids is 1. The Balaban J connectivity index is 2.87. The highest BCUT2D eigenvalue weighted by Crippen LogP contribution is 2.15. The third-order valence-electron chi connectivity index (χ3n) is 2.64. The Bertz CT molecular complexity index is 459. The van der Waals surface area contributed by atoms with Gasteiger partial charge in [-0.05, 0) is 24.6 Å². The molecule has 5 N–H and O–H groups in total. The lowest BCUT2D eigenvalue weighted by Gasteiger charge is -2.14. The van der Waals surface area contributed by atoms with Gasteiger partial charge in [0.1, 0.15) is 6.04 Å². The summed E-state index contributed by atoms with van der Waals surface area (Å²) in [6.07, 6.45) is -0.0392. The Morgan fingerprint density at radius 2 is 2.11 bits per heavy atom. The summed E-state index contributed by atoms with van der Waals surface area (Å²) in [6.45, 7) is 1.37. The lowest BCUT2D eigenvalue weighted by atomic mass is 10.1. The Kier molecular flexibility index (Phi) is 4.67. The number of aliphatic hydroxyl groups excluding tert-OH is 1. The fraction of sp³-hybridized carbons (Fsp3) is 0.333. The van der Waals surface area contributed by atoms with Gasteiger partial charge in [-0.2, -0.15) is 0 Å². The number of amides is 1. The number of nitrogens with two attached hydrogens (primary N) is 1. The van der Waals surface area contributed by atoms with E-state index in [9.17, 15) is 9.59 Å². The van der Waals surface area contributed by atoms with Crippen molar-refractivity contribution in [3.63, 3.8) is 0 Å². The first-order valence-corrected chi connectivity index (χ1v) is 5.47. The van der Waals surface area contributed by atoms with Gasteiger partial charge in [-0.15, -0.1) is 0 Å². The van der Waals surface area contributed by atoms with Gasteiger partial charge in [0.15, 0.2) is 0 Å². The molecule has 0 aliphatic carbocycles. The van der Waals surface area contributed by atoms with Crippen LogP contribution in [0.15, 0.2) is 18.2 Å². The molecule has 1 amide bonds. The molecular formula is C12H16N2O4. The molecule has 18 heavy (non-hydrogen) atoms. The van der Waals surface area contributed by atoms with Crippen LogP contribution in [-0.4, -0.2) is 34.7 Å². The Labute approximate surface area is 104 Å². The molecule has 0 saturated carbocycles. The van der Waals surface area contributed by atoms with E-state index in [1.807, 2.05) is 0 Å². The maximum atomic E-state index is 11.9. The average molecular weight is 252 g/mol. The fourth-order valence-corrected chi connectivity index (χ4v) is 1.52. The molecule has 1 rings (SSSR count). The summed E-state index contributed by atoms with van der Waals surface area (Å²) in [7, 11) is 0. The Morgan fingerprint density at radius 1 is 1.44 bits per heavy atom. The van der Waals surface area contributed by atoms with Crippen molar-refractivity contribution < 1.29 is 19.8 Å². The zero-order chi connectivity index (χ0) is 13.7. The van der Waals surface area contributed by atoms with Gasteiger partial charge in [-0.1, -0.05) is 6.07 Å². The molecule has 0 aliphatic heterocycles. The summed E-state index contributed by atoms with van der Waals surface area (Å²) < 4.78 is 0. The van der Waals surface area contributed by atoms with Crippen molar-refractivity contribution in [2.24, 2.45) is 0 Å². The molecule has 0 heterocycles. The van der Waals surface area contributed by atoms with E-state index in [0.29, 0.717) is 16.8 Å². The zero-order valence-electron chi connectivity index (χ0n) is 10.0. The Hall–Kier alpha value is -2.08. The van der Waals surface area contributed by atoms with Gasteiger partial charge in [0.05, 0.1) is 0 Å². The third-order valence-corrected chi connectivity index (χ3v) is 2.64. The van der Waals surface area contributed by atoms with Crippen LogP contribution in [0.2, 0.25) is 0 Å². The number of benzene rings is 1. The van der Waals surface area contributed by atoms with Crippen molar-refractivity contribution in [2.75, 3.05) is 12.3 Å². The molecule has 1 aromatic rings. The topological polar surface area (TPSA) is 113 Å². The maximum absolute atomic E-state index is 11.9. The summed E-state index contributed by atoms with van der Waals surface area (Å²) in [5.74, 6) is -1.69. The second-order valence-corrected chi connectivity index (χ2v) is 3.90. The van der Waals surface area contributed by atoms with E-state index < -0.39 is 17.9 Å². The predicted octanol–water partition coefficient (Wildman–Crippen LogP) is 0.143. The van der Waals surface area contributed by atoms with Crippen molar-refractivity contribution in [3.05, 3.63) is 29.3 Å². The number of nitrogen functional groups attached to an aromatic ring is 1. The standard InChI is InChI=1S/C12H16N2O4/c1-7-8(3-2-4-9(7)13)11(16)14-10(5-6-15)12(17)18/h2-4,10,15H,5-6,13H2,1H3,(H,14,16)(H,17,18)/t10-/m1/s1. The first kappa shape index (κ1) is 14.0. The van der Waals surface area contributed by atoms with E-state index in [1.165, 1.54) is 0 Å². The predicted molar refractivity (Wildman–Crippen MR) is 66.2 cm³/mol. The normalized spacial score (nSPS) is 11.9. The number of carbonyl (C=O) groups excluding carboxylic acids is 1. The molecule has 0 bridgehead atoms. The van der Waals surface area contributed by atoms with Gasteiger partial charge in [-0.3, -0.25) is 4.79 Å². The summed E-state index contributed by atoms with van der Waals surface area (Å²) in [6, 6.07) is 3.75. The van der Waals surface area contributed by atoms with E-state index in [0.717, 1.165) is 0 Å². The van der Waals surface area contributed by atoms with Crippen molar-refractivity contribution in [2.45, 2.75) is 19.4 Å². The van der Waals surface area contributed by atoms with Crippen LogP contribution >= 0.6 is 0 Å². The van der Waals surface area contributed by atoms with E-state index in [4.69, 9.17) is 15.9 Å². The van der Waals surface area contributed by atoms with Crippen LogP contribution in [0.4, 0.5) is 5.69 Å². The molecule has 0 radical (unpaired) electrons. The van der Waals surface area contributed by atoms with E-state index in [1.54, 1.807) is 25.1 Å². The number of aliphatic hydroxyl groups is 1. The molecule has 6 nitrogen and oxygen atoms in total. The zero-order valence-corrected chi connectivity index (χ0v) is 10.0. The number of rotatable bonds is 5. The van der Waals surface area contributed by atoms with Crippen molar-refractivity contribution in [1.29, 1.82) is 0 Å². The van der Waals surface area contributed by atoms with Crippen molar-refractivity contribution in [3.8, 4) is 0 Å². The quantitative estimate of drug-likeness (QED) is 0.557. The number of carboxylic acid groups (broad SMARTS) is 1. The minimum atomic E-state index is -1.18. The second-order valence-electron chi connectivity index (χ2n) is 3.90. The van der Waals surface area contributed by atoms with Crippen LogP contribution in [0.3, 0.4) is 0 Å². The fourth-order valence-electron chi connectivity index (χ4n) is 1.52. The second kappa shape index (κ2) is 6.02. The molecule has 1 atom stereocenters. The molecule has 1 aromatic carbocycles. The highest BCUT2D eigenvalue weighted by atomic mass is 16.4. The average Bonchev–Trinajstić information content (AvgIpc) is 2.31. The van der Waals surface area contributed by atoms with Crippen LogP contribution in [0.5, 0.6) is 0 Å². The van der Waals surface area contributed by atoms with Crippen molar-refractivity contribution in [1.82, 2.24) is 5.32 Å². The van der Waals surface area contributed by atoms with Crippen LogP contribution < -0.4 is 11.1 Å². The molecule has 98 valence electrons. The largest absolute Gasteiger partial charge is 0.480 e. The van der Waals surface area contributed by atoms with E-state index in [-0.39, 0.29) is 13.0 Å². The number of hydrogen-bond acceptors (Lipinski definition) is 4. The summed E-state index contributed by atoms with van der Waals surface area (Å²) in [4.78, 5) is 22.8. The molecule has 0 spiro atoms. The van der Waals surface area contributed by atoms with Gasteiger partial charge in [0.2, 0.25) is 0 Å². The summed E-state index contributed by atoms with van der Waals surface area (Å²) in [5, 5.41) is 20.0. The Morgan fingerprint density at radius 3 is 2.67 bits per heavy atom. The minimum Gasteiger partial charge on any atom is -0.480 e. The van der Waals surface area contributed by atoms with Gasteiger partial charge in [0.25, 0.3) is 5.91 Å². The molecule has 0 unspecified atom stereocenters. The molecule has 0 fully saturated rings. The van der Waals surface area contributed by atoms with Gasteiger partial charge < -0.3 is 21.3 Å². The van der Waals surface area contributed by atoms with Crippen LogP contribution in [-0.2, 0) is 4.79 Å². The molecule has 0 aliphatic rings. The SMILES string of the molecule is Cc1c(N)cccc1C(=O)N[C@H](CCO)C(=O)O. The monoisotopic (exact) mass is 252 g/mol. The number of carbonyl (C=O) groups is 2. The highest BCUT2D eigenvalue weighted by Gasteiger charge is 2.21. The van der Waals surface area contributed by atoms with Crippen molar-refractivity contribution >= 4 is 17.6 Å². The molecule has 0 saturated heterocycles. The number of hydrogen-bond donors (Lipinski definition) is 4. The maximum Gasteiger partial charge on any atom is 0.326 e. The van der Waals surface area contributed by atoms with Gasteiger partial charge in [0, 0.05) is 24.3 Å². The van der Waals surface area contributed by atoms with Crippen LogP contribution in [0, 0.1) is 6.92 Å². The first-order chi connectivity index (χ1) is 8.47. The lowest BCUT2D eigenvalue weighted by Crippen LogP contribution is -2.41. The first-order valence-electron chi connectivity index (χ1n) is 5.47. The minimum absolute atomic E-state index is 0.0392. The number of aliphatic carboxylic acids is 1. The molecule has 6 heteroatoms. The number of nitrogens with one attached hydrogen (secondary N) is 1. The molecular weight excluding hydrogens is 236 g/mol. The lowest BCUT2D eigenvalue weighted by molar-refractivity contribution is -0.139.